The first-order valence-corrected chi connectivity index (χ1v) is 15.2. The summed E-state index contributed by atoms with van der Waals surface area (Å²) in [6.45, 7) is 0. The van der Waals surface area contributed by atoms with Gasteiger partial charge >= 0.3 is 0 Å². The highest BCUT2D eigenvalue weighted by Crippen LogP contribution is 2.27. The topological polar surface area (TPSA) is 286 Å². The van der Waals surface area contributed by atoms with Crippen molar-refractivity contribution in [3.05, 3.63) is 85.8 Å². The van der Waals surface area contributed by atoms with Gasteiger partial charge in [0.25, 0.3) is 41.2 Å². The molecule has 0 spiro atoms. The minimum absolute atomic E-state index is 0.249. The maximum absolute atomic E-state index is 13.1. The van der Waals surface area contributed by atoms with Gasteiger partial charge in [-0.15, -0.1) is 0 Å². The molecule has 0 bridgehead atoms. The van der Waals surface area contributed by atoms with E-state index in [1.54, 1.807) is 0 Å². The van der Waals surface area contributed by atoms with Crippen LogP contribution in [-0.4, -0.2) is 49.1 Å². The lowest BCUT2D eigenvalue weighted by Crippen LogP contribution is -2.48. The molecule has 0 atom stereocenters. The fourth-order valence-electron chi connectivity index (χ4n) is 3.53. The van der Waals surface area contributed by atoms with Crippen molar-refractivity contribution in [2.45, 2.75) is 14.7 Å². The molecule has 0 unspecified atom stereocenters. The van der Waals surface area contributed by atoms with E-state index in [0.717, 1.165) is 54.6 Å². The third-order valence-corrected chi connectivity index (χ3v) is 8.09. The van der Waals surface area contributed by atoms with Crippen molar-refractivity contribution in [1.82, 2.24) is 0 Å². The second-order valence-electron chi connectivity index (χ2n) is 8.29. The van der Waals surface area contributed by atoms with Crippen molar-refractivity contribution in [2.75, 3.05) is 10.9 Å². The average Bonchev–Trinajstić information content (AvgIpc) is 2.88. The number of fused-ring (bicyclic) bond motifs is 1. The number of phenols is 2. The Labute approximate surface area is 234 Å². The molecular weight excluding hydrogens is 624 g/mol. The lowest BCUT2D eigenvalue weighted by Gasteiger charge is -2.07. The van der Waals surface area contributed by atoms with Crippen molar-refractivity contribution in [3.63, 3.8) is 0 Å². The van der Waals surface area contributed by atoms with E-state index >= 15 is 0 Å². The van der Waals surface area contributed by atoms with Crippen LogP contribution in [-0.2, 0) is 30.4 Å². The van der Waals surface area contributed by atoms with Crippen LogP contribution in [0, 0.1) is 0 Å². The molecule has 0 heterocycles. The van der Waals surface area contributed by atoms with Crippen LogP contribution in [0.15, 0.2) is 89.1 Å². The summed E-state index contributed by atoms with van der Waals surface area (Å²) in [7, 11) is -14.3. The van der Waals surface area contributed by atoms with Gasteiger partial charge in [0.05, 0.1) is 26.1 Å². The van der Waals surface area contributed by atoms with E-state index in [1.165, 1.54) is 0 Å². The second-order valence-corrected chi connectivity index (χ2v) is 12.6. The van der Waals surface area contributed by atoms with Crippen molar-refractivity contribution in [2.24, 2.45) is 10.2 Å². The average molecular weight is 641 g/mol. The normalized spacial score (nSPS) is 13.4. The Morgan fingerprint density at radius 1 is 0.524 bits per heavy atom. The highest BCUT2D eigenvalue weighted by Gasteiger charge is 2.18. The molecule has 17 nitrogen and oxygen atoms in total. The summed E-state index contributed by atoms with van der Waals surface area (Å²) in [6.07, 6.45) is 0. The Balaban J connectivity index is 1.99. The molecule has 0 saturated carbocycles. The van der Waals surface area contributed by atoms with Gasteiger partial charge in [0.1, 0.15) is 22.2 Å². The molecule has 0 radical (unpaired) electrons. The summed E-state index contributed by atoms with van der Waals surface area (Å²) in [4.78, 5) is 24.0. The number of hydrogen-bond donors (Lipinski definition) is 7. The van der Waals surface area contributed by atoms with Crippen molar-refractivity contribution < 1.29 is 49.1 Å². The summed E-state index contributed by atoms with van der Waals surface area (Å²) >= 11 is 0. The Morgan fingerprint density at radius 2 is 0.881 bits per heavy atom. The smallest absolute Gasteiger partial charge is 0.294 e. The Kier molecular flexibility index (Phi) is 7.62. The van der Waals surface area contributed by atoms with Gasteiger partial charge in [0.2, 0.25) is 0 Å². The Bertz CT molecular complexity index is 2350. The number of phenolic OH excluding ortho intramolecular Hbond substituents is 2. The van der Waals surface area contributed by atoms with Gasteiger partial charge in [0, 0.05) is 10.8 Å². The lowest BCUT2D eigenvalue weighted by molar-refractivity contribution is 0.472. The van der Waals surface area contributed by atoms with Gasteiger partial charge in [-0.1, -0.05) is 6.07 Å². The molecule has 220 valence electrons. The summed E-state index contributed by atoms with van der Waals surface area (Å²) in [5.41, 5.74) is 0.692. The van der Waals surface area contributed by atoms with E-state index in [2.05, 4.69) is 21.1 Å². The van der Waals surface area contributed by atoms with Crippen LogP contribution in [0.25, 0.3) is 10.8 Å². The molecule has 0 aromatic heterocycles. The van der Waals surface area contributed by atoms with Gasteiger partial charge in [-0.2, -0.15) is 35.5 Å². The molecule has 0 aliphatic carbocycles. The van der Waals surface area contributed by atoms with Crippen LogP contribution in [0.3, 0.4) is 0 Å². The van der Waals surface area contributed by atoms with Crippen LogP contribution in [0.5, 0.6) is 11.5 Å². The quantitative estimate of drug-likeness (QED) is 0.0577. The molecule has 0 aliphatic heterocycles. The highest BCUT2D eigenvalue weighted by molar-refractivity contribution is 7.86. The van der Waals surface area contributed by atoms with Crippen molar-refractivity contribution in [1.29, 1.82) is 0 Å². The van der Waals surface area contributed by atoms with Crippen molar-refractivity contribution in [3.8, 4) is 11.5 Å². The van der Waals surface area contributed by atoms with Gasteiger partial charge in [-0.25, -0.2) is 0 Å². The Morgan fingerprint density at radius 3 is 1.29 bits per heavy atom. The van der Waals surface area contributed by atoms with Gasteiger partial charge in [0.15, 0.2) is 0 Å². The molecule has 4 rings (SSSR count). The SMILES string of the molecule is O=c1c(=O)/c(=N\Nc2cc(S(=O)(=O)O)ccc2O)c2cc(S(=O)(=O)O)ccc2/c1=N/Nc1cc(S(=O)(=O)O)ccc1O. The lowest BCUT2D eigenvalue weighted by atomic mass is 10.1. The third-order valence-electron chi connectivity index (χ3n) is 5.54. The van der Waals surface area contributed by atoms with Crippen LogP contribution in [0.4, 0.5) is 11.4 Å². The predicted molar refractivity (Wildman–Crippen MR) is 143 cm³/mol. The maximum Gasteiger partial charge on any atom is 0.294 e. The number of hydrogen-bond acceptors (Lipinski definition) is 14. The number of rotatable bonds is 7. The molecule has 4 aromatic rings. The zero-order valence-corrected chi connectivity index (χ0v) is 22.8. The maximum atomic E-state index is 13.1. The predicted octanol–water partition coefficient (Wildman–Crippen LogP) is -0.557. The highest BCUT2D eigenvalue weighted by atomic mass is 32.2. The fraction of sp³-hybridized carbons (Fsp3) is 0. The van der Waals surface area contributed by atoms with Gasteiger partial charge in [-0.05, 0) is 48.5 Å². The third kappa shape index (κ3) is 6.12. The van der Waals surface area contributed by atoms with Crippen LogP contribution >= 0.6 is 0 Å². The molecule has 0 amide bonds. The number of nitrogens with zero attached hydrogens (tertiary/aromatic N) is 2. The zero-order valence-electron chi connectivity index (χ0n) is 20.3. The fourth-order valence-corrected chi connectivity index (χ4v) is 5.05. The minimum atomic E-state index is -4.86. The van der Waals surface area contributed by atoms with E-state index < -0.39 is 94.9 Å². The molecular formula is C22H16N4O13S3. The second kappa shape index (κ2) is 10.6. The Hall–Kier alpha value is -4.73. The standard InChI is InChI=1S/C22H16N4O13S3/c27-17-5-2-11(41(34,35)36)8-15(17)23-25-19-13-4-1-10(40(31,32)33)7-14(13)20(22(30)21(19)29)26-24-16-9-12(42(37,38)39)3-6-18(16)28/h1-9,23-24,27-28H,(H,31,32,33)(H,34,35,36)(H,37,38,39)/b25-19-,26-20-. The number of benzene rings is 4. The van der Waals surface area contributed by atoms with E-state index in [1.807, 2.05) is 0 Å². The van der Waals surface area contributed by atoms with E-state index in [-0.39, 0.29) is 5.39 Å². The van der Waals surface area contributed by atoms with Crippen LogP contribution in [0.2, 0.25) is 0 Å². The molecule has 0 fully saturated rings. The zero-order chi connectivity index (χ0) is 31.2. The van der Waals surface area contributed by atoms with Gasteiger partial charge in [-0.3, -0.25) is 34.1 Å². The first-order chi connectivity index (χ1) is 19.4. The van der Waals surface area contributed by atoms with E-state index in [9.17, 15) is 58.7 Å². The minimum Gasteiger partial charge on any atom is -0.506 e. The molecule has 7 N–H and O–H groups in total. The molecule has 4 aromatic carbocycles. The monoisotopic (exact) mass is 640 g/mol. The van der Waals surface area contributed by atoms with Gasteiger partial charge < -0.3 is 10.2 Å². The summed E-state index contributed by atoms with van der Waals surface area (Å²) in [5.74, 6) is -1.19. The number of anilines is 2. The largest absolute Gasteiger partial charge is 0.506 e. The first kappa shape index (κ1) is 30.2. The summed E-state index contributed by atoms with van der Waals surface area (Å²) < 4.78 is 97.2. The van der Waals surface area contributed by atoms with E-state index in [0.29, 0.717) is 0 Å². The molecule has 0 aliphatic rings. The number of aromatic hydroxyl groups is 2. The summed E-state index contributed by atoms with van der Waals surface area (Å²) in [5, 5.41) is 25.4. The first-order valence-electron chi connectivity index (χ1n) is 10.9. The van der Waals surface area contributed by atoms with Crippen LogP contribution < -0.4 is 32.4 Å². The van der Waals surface area contributed by atoms with E-state index in [4.69, 9.17) is 0 Å². The molecule has 20 heteroatoms. The molecule has 0 saturated heterocycles. The summed E-state index contributed by atoms with van der Waals surface area (Å²) in [6, 6.07) is 7.56. The van der Waals surface area contributed by atoms with Crippen LogP contribution in [0.1, 0.15) is 0 Å². The molecule has 42 heavy (non-hydrogen) atoms. The van der Waals surface area contributed by atoms with Crippen molar-refractivity contribution >= 4 is 52.5 Å². The number of nitrogens with one attached hydrogen (secondary N) is 2.